The second kappa shape index (κ2) is 3.97. The Morgan fingerprint density at radius 2 is 2.36 bits per heavy atom. The SMILES string of the molecule is COC(=O)[C@@H]1CSC[C@H](C)N1. The monoisotopic (exact) mass is 175 g/mol. The van der Waals surface area contributed by atoms with Gasteiger partial charge in [0.05, 0.1) is 7.11 Å². The Bertz CT molecular complexity index is 151. The van der Waals surface area contributed by atoms with Gasteiger partial charge in [-0.15, -0.1) is 0 Å². The molecule has 0 unspecified atom stereocenters. The summed E-state index contributed by atoms with van der Waals surface area (Å²) in [5.74, 6) is 1.76. The molecule has 1 N–H and O–H groups in total. The van der Waals surface area contributed by atoms with Gasteiger partial charge in [0.15, 0.2) is 0 Å². The second-order valence-electron chi connectivity index (χ2n) is 2.68. The van der Waals surface area contributed by atoms with Crippen LogP contribution in [-0.2, 0) is 9.53 Å². The van der Waals surface area contributed by atoms with Crippen LogP contribution in [0.1, 0.15) is 6.92 Å². The summed E-state index contributed by atoms with van der Waals surface area (Å²) in [5, 5.41) is 3.17. The molecule has 0 aromatic carbocycles. The van der Waals surface area contributed by atoms with Gasteiger partial charge in [-0.3, -0.25) is 4.79 Å². The third-order valence-electron chi connectivity index (χ3n) is 1.62. The molecule has 0 amide bonds. The fourth-order valence-corrected chi connectivity index (χ4v) is 2.13. The zero-order valence-electron chi connectivity index (χ0n) is 6.79. The number of ether oxygens (including phenoxy) is 1. The molecule has 0 aliphatic carbocycles. The van der Waals surface area contributed by atoms with Crippen LogP contribution in [0.2, 0.25) is 0 Å². The molecular weight excluding hydrogens is 162 g/mol. The highest BCUT2D eigenvalue weighted by Gasteiger charge is 2.24. The fourth-order valence-electron chi connectivity index (χ4n) is 1.08. The first kappa shape index (κ1) is 8.87. The highest BCUT2D eigenvalue weighted by molar-refractivity contribution is 7.99. The van der Waals surface area contributed by atoms with Gasteiger partial charge in [-0.1, -0.05) is 0 Å². The van der Waals surface area contributed by atoms with Gasteiger partial charge in [0.2, 0.25) is 0 Å². The zero-order chi connectivity index (χ0) is 8.27. The van der Waals surface area contributed by atoms with Gasteiger partial charge in [0.25, 0.3) is 0 Å². The van der Waals surface area contributed by atoms with E-state index in [9.17, 15) is 4.79 Å². The molecule has 1 aliphatic heterocycles. The highest BCUT2D eigenvalue weighted by Crippen LogP contribution is 2.12. The lowest BCUT2D eigenvalue weighted by Crippen LogP contribution is -2.48. The van der Waals surface area contributed by atoms with Crippen molar-refractivity contribution < 1.29 is 9.53 Å². The molecule has 1 rings (SSSR count). The lowest BCUT2D eigenvalue weighted by atomic mass is 10.3. The van der Waals surface area contributed by atoms with E-state index in [4.69, 9.17) is 0 Å². The van der Waals surface area contributed by atoms with E-state index in [1.165, 1.54) is 7.11 Å². The Balaban J connectivity index is 2.39. The summed E-state index contributed by atoms with van der Waals surface area (Å²) in [6.07, 6.45) is 0. The summed E-state index contributed by atoms with van der Waals surface area (Å²) < 4.78 is 4.62. The van der Waals surface area contributed by atoms with Crippen molar-refractivity contribution in [2.45, 2.75) is 19.0 Å². The molecule has 0 radical (unpaired) electrons. The first-order chi connectivity index (χ1) is 5.24. The number of carbonyl (C=O) groups excluding carboxylic acids is 1. The second-order valence-corrected chi connectivity index (χ2v) is 3.76. The van der Waals surface area contributed by atoms with Crippen LogP contribution in [-0.4, -0.2) is 36.7 Å². The maximum Gasteiger partial charge on any atom is 0.323 e. The van der Waals surface area contributed by atoms with E-state index in [1.807, 2.05) is 0 Å². The fraction of sp³-hybridized carbons (Fsp3) is 0.857. The normalized spacial score (nSPS) is 31.5. The van der Waals surface area contributed by atoms with Crippen LogP contribution >= 0.6 is 11.8 Å². The molecule has 1 heterocycles. The van der Waals surface area contributed by atoms with Crippen LogP contribution < -0.4 is 5.32 Å². The summed E-state index contributed by atoms with van der Waals surface area (Å²) in [6.45, 7) is 2.07. The van der Waals surface area contributed by atoms with Crippen LogP contribution in [0.5, 0.6) is 0 Å². The number of hydrogen-bond donors (Lipinski definition) is 1. The molecule has 4 heteroatoms. The third-order valence-corrected chi connectivity index (χ3v) is 2.93. The summed E-state index contributed by atoms with van der Waals surface area (Å²) >= 11 is 1.79. The Kier molecular flexibility index (Phi) is 3.20. The molecule has 1 saturated heterocycles. The van der Waals surface area contributed by atoms with Crippen LogP contribution in [0.25, 0.3) is 0 Å². The third kappa shape index (κ3) is 2.38. The Labute approximate surface area is 70.9 Å². The van der Waals surface area contributed by atoms with E-state index in [0.717, 1.165) is 11.5 Å². The average molecular weight is 175 g/mol. The van der Waals surface area contributed by atoms with Gasteiger partial charge in [-0.05, 0) is 6.92 Å². The number of methoxy groups -OCH3 is 1. The number of thioether (sulfide) groups is 1. The van der Waals surface area contributed by atoms with E-state index in [-0.39, 0.29) is 12.0 Å². The van der Waals surface area contributed by atoms with Crippen molar-refractivity contribution in [1.29, 1.82) is 0 Å². The van der Waals surface area contributed by atoms with E-state index >= 15 is 0 Å². The predicted octanol–water partition coefficient (Wildman–Crippen LogP) is 0.253. The van der Waals surface area contributed by atoms with Crippen molar-refractivity contribution in [1.82, 2.24) is 5.32 Å². The number of hydrogen-bond acceptors (Lipinski definition) is 4. The van der Waals surface area contributed by atoms with E-state index in [2.05, 4.69) is 17.0 Å². The lowest BCUT2D eigenvalue weighted by molar-refractivity contribution is -0.142. The summed E-state index contributed by atoms with van der Waals surface area (Å²) in [4.78, 5) is 11.0. The molecule has 0 aromatic heterocycles. The van der Waals surface area contributed by atoms with E-state index in [1.54, 1.807) is 11.8 Å². The first-order valence-electron chi connectivity index (χ1n) is 3.65. The van der Waals surface area contributed by atoms with Gasteiger partial charge in [-0.25, -0.2) is 0 Å². The molecule has 1 fully saturated rings. The smallest absolute Gasteiger partial charge is 0.323 e. The van der Waals surface area contributed by atoms with Crippen molar-refractivity contribution >= 4 is 17.7 Å². The number of carbonyl (C=O) groups is 1. The van der Waals surface area contributed by atoms with Crippen molar-refractivity contribution in [3.8, 4) is 0 Å². The molecule has 0 bridgehead atoms. The maximum atomic E-state index is 11.0. The molecular formula is C7H13NO2S. The summed E-state index contributed by atoms with van der Waals surface area (Å²) in [7, 11) is 1.42. The van der Waals surface area contributed by atoms with Crippen molar-refractivity contribution in [3.05, 3.63) is 0 Å². The minimum atomic E-state index is -0.149. The minimum Gasteiger partial charge on any atom is -0.468 e. The Morgan fingerprint density at radius 3 is 2.91 bits per heavy atom. The molecule has 3 nitrogen and oxygen atoms in total. The highest BCUT2D eigenvalue weighted by atomic mass is 32.2. The number of esters is 1. The van der Waals surface area contributed by atoms with Crippen LogP contribution in [0.15, 0.2) is 0 Å². The topological polar surface area (TPSA) is 38.3 Å². The van der Waals surface area contributed by atoms with Gasteiger partial charge >= 0.3 is 5.97 Å². The maximum absolute atomic E-state index is 11.0. The zero-order valence-corrected chi connectivity index (χ0v) is 7.61. The largest absolute Gasteiger partial charge is 0.468 e. The summed E-state index contributed by atoms with van der Waals surface area (Å²) in [6, 6.07) is 0.312. The predicted molar refractivity (Wildman–Crippen MR) is 45.7 cm³/mol. The lowest BCUT2D eigenvalue weighted by Gasteiger charge is -2.26. The molecule has 64 valence electrons. The first-order valence-corrected chi connectivity index (χ1v) is 4.81. The van der Waals surface area contributed by atoms with Crippen molar-refractivity contribution in [3.63, 3.8) is 0 Å². The van der Waals surface area contributed by atoms with Crippen molar-refractivity contribution in [2.75, 3.05) is 18.6 Å². The molecule has 11 heavy (non-hydrogen) atoms. The summed E-state index contributed by atoms with van der Waals surface area (Å²) in [5.41, 5.74) is 0. The van der Waals surface area contributed by atoms with E-state index in [0.29, 0.717) is 6.04 Å². The number of rotatable bonds is 1. The average Bonchev–Trinajstić information content (AvgIpc) is 2.03. The van der Waals surface area contributed by atoms with Gasteiger partial charge in [0.1, 0.15) is 6.04 Å². The molecule has 0 aromatic rings. The minimum absolute atomic E-state index is 0.103. The quantitative estimate of drug-likeness (QED) is 0.580. The van der Waals surface area contributed by atoms with Crippen LogP contribution in [0.4, 0.5) is 0 Å². The molecule has 0 saturated carbocycles. The van der Waals surface area contributed by atoms with Gasteiger partial charge in [-0.2, -0.15) is 11.8 Å². The van der Waals surface area contributed by atoms with Gasteiger partial charge in [0, 0.05) is 17.5 Å². The molecule has 0 spiro atoms. The van der Waals surface area contributed by atoms with Crippen molar-refractivity contribution in [2.24, 2.45) is 0 Å². The Morgan fingerprint density at radius 1 is 1.64 bits per heavy atom. The van der Waals surface area contributed by atoms with Crippen LogP contribution in [0, 0.1) is 0 Å². The molecule has 1 aliphatic rings. The number of nitrogens with one attached hydrogen (secondary N) is 1. The standard InChI is InChI=1S/C7H13NO2S/c1-5-3-11-4-6(8-5)7(9)10-2/h5-6,8H,3-4H2,1-2H3/t5-,6-/m0/s1. The van der Waals surface area contributed by atoms with E-state index < -0.39 is 0 Å². The van der Waals surface area contributed by atoms with Gasteiger partial charge < -0.3 is 10.1 Å². The Hall–Kier alpha value is -0.220. The van der Waals surface area contributed by atoms with Crippen LogP contribution in [0.3, 0.4) is 0 Å². The molecule has 2 atom stereocenters.